The first-order chi connectivity index (χ1) is 11.9. The molecule has 1 saturated heterocycles. The molecule has 0 saturated carbocycles. The maximum Gasteiger partial charge on any atom is 0.287 e. The topological polar surface area (TPSA) is 96.7 Å². The number of hydrogen-bond acceptors (Lipinski definition) is 5. The first-order valence-corrected chi connectivity index (χ1v) is 9.91. The van der Waals surface area contributed by atoms with Gasteiger partial charge in [0.05, 0.1) is 18.1 Å². The van der Waals surface area contributed by atoms with Crippen molar-refractivity contribution in [3.8, 4) is 0 Å². The summed E-state index contributed by atoms with van der Waals surface area (Å²) in [7, 11) is -1.33. The van der Waals surface area contributed by atoms with Crippen LogP contribution in [0.1, 0.15) is 23.4 Å². The van der Waals surface area contributed by atoms with E-state index in [1.165, 1.54) is 4.90 Å². The van der Waals surface area contributed by atoms with E-state index in [0.29, 0.717) is 18.4 Å². The molecule has 1 N–H and O–H groups in total. The normalized spacial score (nSPS) is 17.3. The van der Waals surface area contributed by atoms with Crippen LogP contribution in [0.5, 0.6) is 0 Å². The van der Waals surface area contributed by atoms with Crippen LogP contribution in [0.25, 0.3) is 11.0 Å². The number of sulfone groups is 1. The zero-order valence-electron chi connectivity index (χ0n) is 13.9. The molecule has 0 spiro atoms. The Morgan fingerprint density at radius 1 is 1.24 bits per heavy atom. The van der Waals surface area contributed by atoms with Crippen molar-refractivity contribution in [3.63, 3.8) is 0 Å². The van der Waals surface area contributed by atoms with Crippen LogP contribution in [0.4, 0.5) is 0 Å². The number of likely N-dealkylation sites (N-methyl/N-ethyl adjacent to an activating group) is 1. The van der Waals surface area contributed by atoms with E-state index in [0.717, 1.165) is 5.39 Å². The number of nitrogens with one attached hydrogen (secondary N) is 1. The standard InChI is InChI=1S/C17H20N2O5S/c1-19(13-6-8-25(22,23)9-7-13)16(20)11-18-17(21)15-10-12-4-2-3-5-14(12)24-15/h2-5,10,13H,6-9,11H2,1H3,(H,18,21). The van der Waals surface area contributed by atoms with Crippen LogP contribution in [0, 0.1) is 0 Å². The Hall–Kier alpha value is -2.35. The van der Waals surface area contributed by atoms with Gasteiger partial charge in [0.2, 0.25) is 5.91 Å². The fourth-order valence-corrected chi connectivity index (χ4v) is 4.40. The Labute approximate surface area is 145 Å². The molecule has 0 bridgehead atoms. The van der Waals surface area contributed by atoms with Gasteiger partial charge >= 0.3 is 0 Å². The van der Waals surface area contributed by atoms with E-state index < -0.39 is 15.7 Å². The van der Waals surface area contributed by atoms with Gasteiger partial charge in [0.25, 0.3) is 5.91 Å². The van der Waals surface area contributed by atoms with Crippen molar-refractivity contribution in [3.05, 3.63) is 36.1 Å². The fourth-order valence-electron chi connectivity index (χ4n) is 2.93. The summed E-state index contributed by atoms with van der Waals surface area (Å²) in [6.45, 7) is -0.157. The highest BCUT2D eigenvalue weighted by atomic mass is 32.2. The SMILES string of the molecule is CN(C(=O)CNC(=O)c1cc2ccccc2o1)C1CCS(=O)(=O)CC1. The molecule has 3 rings (SSSR count). The minimum atomic E-state index is -2.97. The third-order valence-corrected chi connectivity index (χ3v) is 6.23. The number of carbonyl (C=O) groups excluding carboxylic acids is 2. The molecule has 1 aliphatic heterocycles. The lowest BCUT2D eigenvalue weighted by Crippen LogP contribution is -2.46. The highest BCUT2D eigenvalue weighted by molar-refractivity contribution is 7.91. The second kappa shape index (κ2) is 6.87. The molecule has 1 aromatic heterocycles. The van der Waals surface area contributed by atoms with Gasteiger partial charge < -0.3 is 14.6 Å². The van der Waals surface area contributed by atoms with Crippen LogP contribution in [-0.4, -0.2) is 56.3 Å². The maximum absolute atomic E-state index is 12.2. The lowest BCUT2D eigenvalue weighted by molar-refractivity contribution is -0.131. The van der Waals surface area contributed by atoms with Gasteiger partial charge in [0, 0.05) is 18.5 Å². The van der Waals surface area contributed by atoms with Gasteiger partial charge in [0.15, 0.2) is 5.76 Å². The predicted molar refractivity (Wildman–Crippen MR) is 93.0 cm³/mol. The number of carbonyl (C=O) groups is 2. The molecule has 0 radical (unpaired) electrons. The molecule has 0 unspecified atom stereocenters. The third kappa shape index (κ3) is 4.01. The lowest BCUT2D eigenvalue weighted by Gasteiger charge is -2.31. The number of nitrogens with zero attached hydrogens (tertiary/aromatic N) is 1. The van der Waals surface area contributed by atoms with Gasteiger partial charge in [0.1, 0.15) is 15.4 Å². The third-order valence-electron chi connectivity index (χ3n) is 4.51. The Morgan fingerprint density at radius 2 is 1.92 bits per heavy atom. The zero-order valence-corrected chi connectivity index (χ0v) is 14.7. The van der Waals surface area contributed by atoms with Crippen LogP contribution in [0.3, 0.4) is 0 Å². The molecule has 25 heavy (non-hydrogen) atoms. The first-order valence-electron chi connectivity index (χ1n) is 8.08. The van der Waals surface area contributed by atoms with Crippen LogP contribution in [0.15, 0.2) is 34.7 Å². The molecular weight excluding hydrogens is 344 g/mol. The first kappa shape index (κ1) is 17.5. The van der Waals surface area contributed by atoms with E-state index in [-0.39, 0.29) is 35.8 Å². The van der Waals surface area contributed by atoms with E-state index >= 15 is 0 Å². The molecule has 8 heteroatoms. The average molecular weight is 364 g/mol. The molecule has 0 atom stereocenters. The van der Waals surface area contributed by atoms with Crippen molar-refractivity contribution in [1.82, 2.24) is 10.2 Å². The second-order valence-electron chi connectivity index (χ2n) is 6.22. The van der Waals surface area contributed by atoms with E-state index in [1.807, 2.05) is 18.2 Å². The molecule has 7 nitrogen and oxygen atoms in total. The van der Waals surface area contributed by atoms with Gasteiger partial charge in [-0.05, 0) is 25.0 Å². The van der Waals surface area contributed by atoms with E-state index in [1.54, 1.807) is 19.2 Å². The molecular formula is C17H20N2O5S. The highest BCUT2D eigenvalue weighted by Gasteiger charge is 2.28. The summed E-state index contributed by atoms with van der Waals surface area (Å²) in [5.74, 6) is -0.361. The smallest absolute Gasteiger partial charge is 0.287 e. The van der Waals surface area contributed by atoms with Crippen molar-refractivity contribution < 1.29 is 22.4 Å². The molecule has 2 aromatic rings. The summed E-state index contributed by atoms with van der Waals surface area (Å²) in [6.07, 6.45) is 0.865. The average Bonchev–Trinajstić information content (AvgIpc) is 3.03. The van der Waals surface area contributed by atoms with Gasteiger partial charge in [-0.15, -0.1) is 0 Å². The van der Waals surface area contributed by atoms with Crippen molar-refractivity contribution in [2.24, 2.45) is 0 Å². The lowest BCUT2D eigenvalue weighted by atomic mass is 10.1. The van der Waals surface area contributed by atoms with Crippen molar-refractivity contribution in [2.45, 2.75) is 18.9 Å². The van der Waals surface area contributed by atoms with Gasteiger partial charge in [-0.3, -0.25) is 9.59 Å². The van der Waals surface area contributed by atoms with Crippen LogP contribution in [-0.2, 0) is 14.6 Å². The summed E-state index contributed by atoms with van der Waals surface area (Å²) < 4.78 is 28.4. The highest BCUT2D eigenvalue weighted by Crippen LogP contribution is 2.19. The van der Waals surface area contributed by atoms with Crippen LogP contribution in [0.2, 0.25) is 0 Å². The second-order valence-corrected chi connectivity index (χ2v) is 8.52. The van der Waals surface area contributed by atoms with Crippen LogP contribution >= 0.6 is 0 Å². The summed E-state index contributed by atoms with van der Waals surface area (Å²) in [5.41, 5.74) is 0.611. The Bertz CT molecular complexity index is 856. The van der Waals surface area contributed by atoms with Crippen molar-refractivity contribution >= 4 is 32.6 Å². The summed E-state index contributed by atoms with van der Waals surface area (Å²) >= 11 is 0. The molecule has 134 valence electrons. The molecule has 1 fully saturated rings. The van der Waals surface area contributed by atoms with Gasteiger partial charge in [-0.2, -0.15) is 0 Å². The fraction of sp³-hybridized carbons (Fsp3) is 0.412. The van der Waals surface area contributed by atoms with Gasteiger partial charge in [-0.1, -0.05) is 18.2 Å². The number of furan rings is 1. The number of benzene rings is 1. The predicted octanol–water partition coefficient (Wildman–Crippen LogP) is 1.20. The van der Waals surface area contributed by atoms with E-state index in [9.17, 15) is 18.0 Å². The number of para-hydroxylation sites is 1. The molecule has 2 amide bonds. The molecule has 0 aliphatic carbocycles. The number of rotatable bonds is 4. The maximum atomic E-state index is 12.2. The summed E-state index contributed by atoms with van der Waals surface area (Å²) in [4.78, 5) is 25.9. The van der Waals surface area contributed by atoms with Crippen molar-refractivity contribution in [1.29, 1.82) is 0 Å². The Balaban J connectivity index is 1.55. The van der Waals surface area contributed by atoms with E-state index in [4.69, 9.17) is 4.42 Å². The molecule has 1 aliphatic rings. The van der Waals surface area contributed by atoms with Crippen LogP contribution < -0.4 is 5.32 Å². The minimum absolute atomic E-state index is 0.0978. The minimum Gasteiger partial charge on any atom is -0.451 e. The van der Waals surface area contributed by atoms with Gasteiger partial charge in [-0.25, -0.2) is 8.42 Å². The summed E-state index contributed by atoms with van der Waals surface area (Å²) in [6, 6.07) is 8.79. The summed E-state index contributed by atoms with van der Waals surface area (Å²) in [5, 5.41) is 3.37. The number of hydrogen-bond donors (Lipinski definition) is 1. The largest absolute Gasteiger partial charge is 0.451 e. The molecule has 1 aromatic carbocycles. The number of amides is 2. The Kier molecular flexibility index (Phi) is 4.80. The zero-order chi connectivity index (χ0) is 18.0. The quantitative estimate of drug-likeness (QED) is 0.879. The number of fused-ring (bicyclic) bond motifs is 1. The molecule has 2 heterocycles. The van der Waals surface area contributed by atoms with E-state index in [2.05, 4.69) is 5.32 Å². The van der Waals surface area contributed by atoms with Crippen molar-refractivity contribution in [2.75, 3.05) is 25.1 Å². The Morgan fingerprint density at radius 3 is 2.60 bits per heavy atom. The monoisotopic (exact) mass is 364 g/mol.